The van der Waals surface area contributed by atoms with Crippen LogP contribution in [0.5, 0.6) is 5.75 Å². The number of halogens is 2. The van der Waals surface area contributed by atoms with E-state index in [1.807, 2.05) is 60.9 Å². The van der Waals surface area contributed by atoms with Gasteiger partial charge in [0.2, 0.25) is 10.0 Å². The molecule has 0 unspecified atom stereocenters. The van der Waals surface area contributed by atoms with Crippen LogP contribution in [0.4, 0.5) is 0 Å². The minimum Gasteiger partial charge on any atom is -0.497 e. The maximum Gasteiger partial charge on any atom is 0.255 e. The van der Waals surface area contributed by atoms with E-state index in [9.17, 15) is 13.2 Å². The number of aryl methyl sites for hydroxylation is 1. The van der Waals surface area contributed by atoms with Crippen LogP contribution in [0.25, 0.3) is 5.69 Å². The highest BCUT2D eigenvalue weighted by atomic mass is 35.5. The van der Waals surface area contributed by atoms with Gasteiger partial charge in [0.25, 0.3) is 5.91 Å². The van der Waals surface area contributed by atoms with E-state index in [0.29, 0.717) is 22.2 Å². The summed E-state index contributed by atoms with van der Waals surface area (Å²) in [6.07, 6.45) is 1.97. The highest BCUT2D eigenvalue weighted by Crippen LogP contribution is 2.27. The van der Waals surface area contributed by atoms with Gasteiger partial charge in [0.1, 0.15) is 5.75 Å². The summed E-state index contributed by atoms with van der Waals surface area (Å²) in [6, 6.07) is 22.9. The van der Waals surface area contributed by atoms with Crippen LogP contribution in [-0.4, -0.2) is 49.6 Å². The molecule has 0 saturated heterocycles. The summed E-state index contributed by atoms with van der Waals surface area (Å²) in [4.78, 5) is 13.0. The molecule has 41 heavy (non-hydrogen) atoms. The van der Waals surface area contributed by atoms with Gasteiger partial charge in [0.05, 0.1) is 34.8 Å². The van der Waals surface area contributed by atoms with Crippen molar-refractivity contribution in [3.8, 4) is 11.4 Å². The van der Waals surface area contributed by atoms with E-state index in [4.69, 9.17) is 27.9 Å². The molecule has 0 radical (unpaired) electrons. The molecule has 1 N–H and O–H groups in total. The zero-order chi connectivity index (χ0) is 29.6. The Kier molecular flexibility index (Phi) is 9.88. The van der Waals surface area contributed by atoms with Crippen LogP contribution in [0.15, 0.2) is 88.9 Å². The number of rotatable bonds is 11. The van der Waals surface area contributed by atoms with Gasteiger partial charge in [0.15, 0.2) is 0 Å². The first kappa shape index (κ1) is 30.3. The minimum atomic E-state index is -3.97. The average molecular weight is 614 g/mol. The summed E-state index contributed by atoms with van der Waals surface area (Å²) < 4.78 is 35.3. The molecule has 0 aliphatic rings. The molecule has 3 aromatic carbocycles. The first-order valence-electron chi connectivity index (χ1n) is 12.7. The molecule has 0 aliphatic carbocycles. The number of nitrogens with one attached hydrogen (secondary N) is 1. The monoisotopic (exact) mass is 612 g/mol. The number of methoxy groups -OCH3 is 1. The summed E-state index contributed by atoms with van der Waals surface area (Å²) >= 11 is 12.3. The summed E-state index contributed by atoms with van der Waals surface area (Å²) in [5.74, 6) is -0.0323. The smallest absolute Gasteiger partial charge is 0.255 e. The lowest BCUT2D eigenvalue weighted by molar-refractivity contribution is -0.121. The van der Waals surface area contributed by atoms with Gasteiger partial charge in [-0.15, -0.1) is 0 Å². The molecule has 4 rings (SSSR count). The van der Waals surface area contributed by atoms with Crippen LogP contribution in [-0.2, 0) is 21.2 Å². The lowest BCUT2D eigenvalue weighted by Gasteiger charge is -2.21. The fourth-order valence-electron chi connectivity index (χ4n) is 4.39. The Bertz CT molecular complexity index is 1650. The quantitative estimate of drug-likeness (QED) is 0.171. The van der Waals surface area contributed by atoms with E-state index in [-0.39, 0.29) is 11.4 Å². The number of sulfonamides is 1. The zero-order valence-corrected chi connectivity index (χ0v) is 25.2. The fourth-order valence-corrected chi connectivity index (χ4v) is 6.08. The molecule has 0 aliphatic heterocycles. The topological polar surface area (TPSA) is 93.0 Å². The zero-order valence-electron chi connectivity index (χ0n) is 22.8. The van der Waals surface area contributed by atoms with Gasteiger partial charge in [-0.05, 0) is 74.4 Å². The SMILES string of the molecule is COc1ccc(S(=O)(=O)N(CCc2ccccc2)CC(=O)N/N=C/c2cc(C)n(-c3ccc(Cl)c(Cl)c3)c2C)cc1. The van der Waals surface area contributed by atoms with Gasteiger partial charge in [-0.1, -0.05) is 53.5 Å². The molecule has 0 fully saturated rings. The van der Waals surface area contributed by atoms with E-state index in [2.05, 4.69) is 10.5 Å². The van der Waals surface area contributed by atoms with Crippen molar-refractivity contribution in [1.29, 1.82) is 0 Å². The van der Waals surface area contributed by atoms with Gasteiger partial charge in [-0.2, -0.15) is 9.41 Å². The van der Waals surface area contributed by atoms with Crippen molar-refractivity contribution in [3.05, 3.63) is 111 Å². The maximum absolute atomic E-state index is 13.5. The number of carbonyl (C=O) groups is 1. The number of hydrazone groups is 1. The largest absolute Gasteiger partial charge is 0.497 e. The van der Waals surface area contributed by atoms with E-state index in [1.54, 1.807) is 24.3 Å². The maximum atomic E-state index is 13.5. The van der Waals surface area contributed by atoms with Crippen LogP contribution < -0.4 is 10.2 Å². The molecule has 214 valence electrons. The molecule has 1 heterocycles. The summed E-state index contributed by atoms with van der Waals surface area (Å²) in [5.41, 5.74) is 6.87. The third-order valence-corrected chi connectivity index (χ3v) is 9.13. The Morgan fingerprint density at radius 1 is 1.00 bits per heavy atom. The molecule has 11 heteroatoms. The lowest BCUT2D eigenvalue weighted by atomic mass is 10.1. The molecule has 0 atom stereocenters. The Hall–Kier alpha value is -3.63. The van der Waals surface area contributed by atoms with Crippen molar-refractivity contribution in [3.63, 3.8) is 0 Å². The number of hydrogen-bond donors (Lipinski definition) is 1. The molecule has 4 aromatic rings. The third kappa shape index (κ3) is 7.37. The van der Waals surface area contributed by atoms with E-state index >= 15 is 0 Å². The molecule has 0 spiro atoms. The number of amides is 1. The summed E-state index contributed by atoms with van der Waals surface area (Å²) in [6.45, 7) is 3.58. The normalized spacial score (nSPS) is 11.8. The van der Waals surface area contributed by atoms with E-state index < -0.39 is 22.5 Å². The molecule has 0 saturated carbocycles. The van der Waals surface area contributed by atoms with Crippen molar-refractivity contribution in [1.82, 2.24) is 14.3 Å². The minimum absolute atomic E-state index is 0.0670. The first-order chi connectivity index (χ1) is 19.6. The summed E-state index contributed by atoms with van der Waals surface area (Å²) in [7, 11) is -2.47. The van der Waals surface area contributed by atoms with Crippen LogP contribution in [0.3, 0.4) is 0 Å². The number of nitrogens with zero attached hydrogens (tertiary/aromatic N) is 3. The number of benzene rings is 3. The average Bonchev–Trinajstić information content (AvgIpc) is 3.25. The Morgan fingerprint density at radius 2 is 1.71 bits per heavy atom. The first-order valence-corrected chi connectivity index (χ1v) is 14.9. The predicted molar refractivity (Wildman–Crippen MR) is 163 cm³/mol. The van der Waals surface area contributed by atoms with Crippen molar-refractivity contribution in [2.24, 2.45) is 5.10 Å². The number of aromatic nitrogens is 1. The summed E-state index contributed by atoms with van der Waals surface area (Å²) in [5, 5.41) is 5.02. The van der Waals surface area contributed by atoms with Gasteiger partial charge < -0.3 is 9.30 Å². The van der Waals surface area contributed by atoms with Gasteiger partial charge >= 0.3 is 0 Å². The standard InChI is InChI=1S/C30H30Cl2N4O4S/c1-21-17-24(22(2)36(21)25-9-14-28(31)29(32)18-25)19-33-34-30(37)20-35(16-15-23-7-5-4-6-8-23)41(38,39)27-12-10-26(40-3)11-13-27/h4-14,17-19H,15-16,20H2,1-3H3,(H,34,37)/b33-19+. The van der Waals surface area contributed by atoms with Gasteiger partial charge in [-0.3, -0.25) is 4.79 Å². The van der Waals surface area contributed by atoms with Crippen LogP contribution in [0.2, 0.25) is 10.0 Å². The van der Waals surface area contributed by atoms with Crippen LogP contribution >= 0.6 is 23.2 Å². The molecule has 1 amide bonds. The number of hydrogen-bond acceptors (Lipinski definition) is 5. The molecular formula is C30H30Cl2N4O4S. The van der Waals surface area contributed by atoms with Crippen LogP contribution in [0, 0.1) is 13.8 Å². The number of carbonyl (C=O) groups excluding carboxylic acids is 1. The van der Waals surface area contributed by atoms with Crippen molar-refractivity contribution < 1.29 is 17.9 Å². The highest BCUT2D eigenvalue weighted by Gasteiger charge is 2.26. The predicted octanol–water partition coefficient (Wildman–Crippen LogP) is 5.79. The fraction of sp³-hybridized carbons (Fsp3) is 0.200. The van der Waals surface area contributed by atoms with Crippen LogP contribution in [0.1, 0.15) is 22.5 Å². The third-order valence-electron chi connectivity index (χ3n) is 6.53. The molecule has 1 aromatic heterocycles. The van der Waals surface area contributed by atoms with E-state index in [1.165, 1.54) is 25.5 Å². The second kappa shape index (κ2) is 13.4. The lowest BCUT2D eigenvalue weighted by Crippen LogP contribution is -2.40. The van der Waals surface area contributed by atoms with E-state index in [0.717, 1.165) is 32.5 Å². The van der Waals surface area contributed by atoms with Crippen molar-refractivity contribution in [2.75, 3.05) is 20.2 Å². The Morgan fingerprint density at radius 3 is 2.37 bits per heavy atom. The second-order valence-corrected chi connectivity index (χ2v) is 12.1. The molecule has 0 bridgehead atoms. The van der Waals surface area contributed by atoms with Crippen molar-refractivity contribution >= 4 is 45.3 Å². The van der Waals surface area contributed by atoms with Gasteiger partial charge in [-0.25, -0.2) is 13.8 Å². The van der Waals surface area contributed by atoms with Crippen molar-refractivity contribution in [2.45, 2.75) is 25.2 Å². The number of ether oxygens (including phenoxy) is 1. The molecular weight excluding hydrogens is 583 g/mol. The Balaban J connectivity index is 1.50. The highest BCUT2D eigenvalue weighted by molar-refractivity contribution is 7.89. The second-order valence-electron chi connectivity index (χ2n) is 9.30. The Labute approximate surface area is 250 Å². The molecule has 8 nitrogen and oxygen atoms in total. The van der Waals surface area contributed by atoms with Gasteiger partial charge in [0, 0.05) is 29.2 Å².